The summed E-state index contributed by atoms with van der Waals surface area (Å²) in [5.41, 5.74) is 0.994. The zero-order valence-electron chi connectivity index (χ0n) is 15.9. The molecule has 1 aromatic rings. The van der Waals surface area contributed by atoms with E-state index < -0.39 is 6.04 Å². The monoisotopic (exact) mass is 377 g/mol. The number of carbonyl (C=O) groups excluding carboxylic acids is 2. The molecule has 0 radical (unpaired) electrons. The number of nitrogens with zero attached hydrogens (tertiary/aromatic N) is 2. The van der Waals surface area contributed by atoms with E-state index >= 15 is 0 Å². The van der Waals surface area contributed by atoms with Crippen LogP contribution in [0.15, 0.2) is 18.2 Å². The van der Waals surface area contributed by atoms with E-state index in [-0.39, 0.29) is 18.2 Å². The fraction of sp³-hybridized carbons (Fsp3) is 0.579. The van der Waals surface area contributed by atoms with Crippen molar-refractivity contribution in [3.8, 4) is 11.5 Å². The van der Waals surface area contributed by atoms with Gasteiger partial charge < -0.3 is 14.8 Å². The minimum atomic E-state index is -0.509. The van der Waals surface area contributed by atoms with Crippen molar-refractivity contribution in [3.63, 3.8) is 0 Å². The number of hydrogen-bond donors (Lipinski definition) is 1. The van der Waals surface area contributed by atoms with E-state index in [0.717, 1.165) is 18.4 Å². The van der Waals surface area contributed by atoms with Crippen molar-refractivity contribution < 1.29 is 23.9 Å². The van der Waals surface area contributed by atoms with Gasteiger partial charge in [0.2, 0.25) is 11.8 Å². The fourth-order valence-corrected chi connectivity index (χ4v) is 3.45. The van der Waals surface area contributed by atoms with Crippen LogP contribution in [-0.2, 0) is 21.0 Å². The molecule has 27 heavy (non-hydrogen) atoms. The zero-order chi connectivity index (χ0) is 19.2. The molecular formula is C19H27N3O5. The number of hydroxylamine groups is 2. The summed E-state index contributed by atoms with van der Waals surface area (Å²) in [7, 11) is 3.19. The van der Waals surface area contributed by atoms with Gasteiger partial charge in [0.15, 0.2) is 11.5 Å². The molecule has 1 atom stereocenters. The van der Waals surface area contributed by atoms with E-state index in [1.807, 2.05) is 23.1 Å². The molecule has 0 aromatic heterocycles. The molecule has 2 aliphatic heterocycles. The first kappa shape index (κ1) is 19.4. The molecule has 2 saturated heterocycles. The lowest BCUT2D eigenvalue weighted by Crippen LogP contribution is -2.56. The maximum atomic E-state index is 12.6. The molecular weight excluding hydrogens is 350 g/mol. The predicted molar refractivity (Wildman–Crippen MR) is 98.3 cm³/mol. The number of ether oxygens (including phenoxy) is 2. The van der Waals surface area contributed by atoms with Crippen molar-refractivity contribution in [1.82, 2.24) is 15.3 Å². The highest BCUT2D eigenvalue weighted by Crippen LogP contribution is 2.28. The zero-order valence-corrected chi connectivity index (χ0v) is 15.9. The summed E-state index contributed by atoms with van der Waals surface area (Å²) in [5, 5.41) is 4.26. The second-order valence-corrected chi connectivity index (χ2v) is 6.71. The Labute approximate surface area is 159 Å². The van der Waals surface area contributed by atoms with Gasteiger partial charge in [-0.15, -0.1) is 0 Å². The van der Waals surface area contributed by atoms with Gasteiger partial charge in [0.25, 0.3) is 0 Å². The van der Waals surface area contributed by atoms with Crippen LogP contribution in [0.2, 0.25) is 0 Å². The third-order valence-electron chi connectivity index (χ3n) is 4.92. The topological polar surface area (TPSA) is 80.3 Å². The molecule has 0 saturated carbocycles. The molecule has 148 valence electrons. The van der Waals surface area contributed by atoms with Gasteiger partial charge in [0, 0.05) is 26.2 Å². The van der Waals surface area contributed by atoms with Crippen LogP contribution in [-0.4, -0.2) is 68.3 Å². The molecule has 3 rings (SSSR count). The number of rotatable bonds is 6. The first-order valence-corrected chi connectivity index (χ1v) is 9.28. The van der Waals surface area contributed by atoms with E-state index in [1.54, 1.807) is 14.2 Å². The quantitative estimate of drug-likeness (QED) is 0.795. The molecule has 0 bridgehead atoms. The number of nitrogens with one attached hydrogen (secondary N) is 1. The predicted octanol–water partition coefficient (Wildman–Crippen LogP) is 0.948. The molecule has 0 aliphatic carbocycles. The summed E-state index contributed by atoms with van der Waals surface area (Å²) < 4.78 is 10.6. The van der Waals surface area contributed by atoms with Gasteiger partial charge >= 0.3 is 0 Å². The Kier molecular flexibility index (Phi) is 6.52. The van der Waals surface area contributed by atoms with Crippen molar-refractivity contribution in [1.29, 1.82) is 0 Å². The van der Waals surface area contributed by atoms with Gasteiger partial charge in [-0.25, -0.2) is 5.06 Å². The minimum Gasteiger partial charge on any atom is -0.493 e. The van der Waals surface area contributed by atoms with Crippen LogP contribution in [0.1, 0.15) is 24.8 Å². The third kappa shape index (κ3) is 4.70. The second-order valence-electron chi connectivity index (χ2n) is 6.71. The highest BCUT2D eigenvalue weighted by molar-refractivity contribution is 5.88. The Morgan fingerprint density at radius 1 is 1.22 bits per heavy atom. The summed E-state index contributed by atoms with van der Waals surface area (Å²) in [5.74, 6) is 1.04. The number of methoxy groups -OCH3 is 2. The smallest absolute Gasteiger partial charge is 0.248 e. The number of hydrogen-bond acceptors (Lipinski definition) is 6. The van der Waals surface area contributed by atoms with Crippen molar-refractivity contribution in [2.75, 3.05) is 40.5 Å². The van der Waals surface area contributed by atoms with E-state index in [0.29, 0.717) is 44.3 Å². The second kappa shape index (κ2) is 9.05. The van der Waals surface area contributed by atoms with Crippen LogP contribution < -0.4 is 14.8 Å². The van der Waals surface area contributed by atoms with Gasteiger partial charge in [-0.05, 0) is 30.5 Å². The van der Waals surface area contributed by atoms with E-state index in [1.165, 1.54) is 5.06 Å². The highest BCUT2D eigenvalue weighted by Gasteiger charge is 2.33. The lowest BCUT2D eigenvalue weighted by molar-refractivity contribution is -0.198. The molecule has 2 fully saturated rings. The molecule has 2 aliphatic rings. The van der Waals surface area contributed by atoms with Gasteiger partial charge in [0.1, 0.15) is 0 Å². The Morgan fingerprint density at radius 3 is 2.74 bits per heavy atom. The van der Waals surface area contributed by atoms with E-state index in [4.69, 9.17) is 14.3 Å². The first-order valence-electron chi connectivity index (χ1n) is 9.28. The third-order valence-corrected chi connectivity index (χ3v) is 4.92. The van der Waals surface area contributed by atoms with Crippen LogP contribution in [0.5, 0.6) is 11.5 Å². The summed E-state index contributed by atoms with van der Waals surface area (Å²) >= 11 is 0. The molecule has 1 aromatic carbocycles. The van der Waals surface area contributed by atoms with Crippen LogP contribution in [0, 0.1) is 0 Å². The van der Waals surface area contributed by atoms with Crippen LogP contribution in [0.25, 0.3) is 0 Å². The summed E-state index contributed by atoms with van der Waals surface area (Å²) in [6.07, 6.45) is 2.00. The highest BCUT2D eigenvalue weighted by atomic mass is 16.7. The number of carbonyl (C=O) groups is 2. The van der Waals surface area contributed by atoms with Crippen molar-refractivity contribution >= 4 is 11.8 Å². The van der Waals surface area contributed by atoms with E-state index in [9.17, 15) is 9.59 Å². The van der Waals surface area contributed by atoms with Gasteiger partial charge in [-0.2, -0.15) is 0 Å². The Balaban J connectivity index is 1.70. The molecule has 0 spiro atoms. The molecule has 8 heteroatoms. The molecule has 2 heterocycles. The summed E-state index contributed by atoms with van der Waals surface area (Å²) in [6, 6.07) is 5.18. The largest absolute Gasteiger partial charge is 0.493 e. The summed E-state index contributed by atoms with van der Waals surface area (Å²) in [4.78, 5) is 32.4. The Hall–Kier alpha value is -2.32. The van der Waals surface area contributed by atoms with Gasteiger partial charge in [-0.1, -0.05) is 6.07 Å². The number of piperazine rings is 1. The van der Waals surface area contributed by atoms with Gasteiger partial charge in [-0.3, -0.25) is 19.3 Å². The Bertz CT molecular complexity index is 675. The van der Waals surface area contributed by atoms with Crippen LogP contribution >= 0.6 is 0 Å². The molecule has 0 unspecified atom stereocenters. The molecule has 2 amide bonds. The first-order chi connectivity index (χ1) is 13.1. The SMILES string of the molecule is COc1ccc(CN2CCNC(=O)[C@@H]2CC(=O)N2CCCCO2)cc1OC. The van der Waals surface area contributed by atoms with Crippen molar-refractivity contribution in [2.24, 2.45) is 0 Å². The number of amides is 2. The average molecular weight is 377 g/mol. The molecule has 8 nitrogen and oxygen atoms in total. The fourth-order valence-electron chi connectivity index (χ4n) is 3.45. The standard InChI is InChI=1S/C19H27N3O5/c1-25-16-6-5-14(11-17(16)26-2)13-21-9-7-20-19(24)15(21)12-18(23)22-8-3-4-10-27-22/h5-6,11,15H,3-4,7-10,12-13H2,1-2H3,(H,20,24)/t15-/m0/s1. The minimum absolute atomic E-state index is 0.110. The Morgan fingerprint density at radius 2 is 2.04 bits per heavy atom. The van der Waals surface area contributed by atoms with Crippen molar-refractivity contribution in [3.05, 3.63) is 23.8 Å². The number of benzene rings is 1. The average Bonchev–Trinajstić information content (AvgIpc) is 2.71. The van der Waals surface area contributed by atoms with Gasteiger partial charge in [0.05, 0.1) is 33.3 Å². The van der Waals surface area contributed by atoms with Crippen molar-refractivity contribution in [2.45, 2.75) is 31.8 Å². The molecule has 1 N–H and O–H groups in total. The lowest BCUT2D eigenvalue weighted by atomic mass is 10.1. The maximum absolute atomic E-state index is 12.6. The maximum Gasteiger partial charge on any atom is 0.248 e. The lowest BCUT2D eigenvalue weighted by Gasteiger charge is -2.36. The van der Waals surface area contributed by atoms with Crippen LogP contribution in [0.4, 0.5) is 0 Å². The normalized spacial score (nSPS) is 20.9. The van der Waals surface area contributed by atoms with E-state index in [2.05, 4.69) is 5.32 Å². The summed E-state index contributed by atoms with van der Waals surface area (Å²) in [6.45, 7) is 2.93. The van der Waals surface area contributed by atoms with Crippen LogP contribution in [0.3, 0.4) is 0 Å².